The van der Waals surface area contributed by atoms with E-state index in [-0.39, 0.29) is 5.78 Å². The van der Waals surface area contributed by atoms with Crippen molar-refractivity contribution < 1.29 is 14.3 Å². The molecule has 1 aromatic heterocycles. The van der Waals surface area contributed by atoms with E-state index in [4.69, 9.17) is 9.47 Å². The maximum Gasteiger partial charge on any atom is 0.192 e. The molecule has 0 aliphatic heterocycles. The van der Waals surface area contributed by atoms with E-state index in [0.717, 1.165) is 23.3 Å². The summed E-state index contributed by atoms with van der Waals surface area (Å²) in [5, 5.41) is 4.17. The summed E-state index contributed by atoms with van der Waals surface area (Å²) in [6, 6.07) is 5.59. The molecule has 0 saturated carbocycles. The molecule has 0 unspecified atom stereocenters. The first-order valence-corrected chi connectivity index (χ1v) is 7.11. The Hall–Kier alpha value is -2.56. The molecule has 0 atom stereocenters. The number of ether oxygens (including phenoxy) is 2. The highest BCUT2D eigenvalue weighted by Gasteiger charge is 2.24. The van der Waals surface area contributed by atoms with Gasteiger partial charge in [-0.25, -0.2) is 0 Å². The summed E-state index contributed by atoms with van der Waals surface area (Å²) in [4.78, 5) is 12.6. The normalized spacial score (nSPS) is 15.8. The fraction of sp³-hybridized carbons (Fsp3) is 0.294. The highest BCUT2D eigenvalue weighted by molar-refractivity contribution is 6.12. The third kappa shape index (κ3) is 2.50. The maximum atomic E-state index is 12.6. The first-order chi connectivity index (χ1) is 10.6. The van der Waals surface area contributed by atoms with Gasteiger partial charge in [0.15, 0.2) is 5.78 Å². The van der Waals surface area contributed by atoms with Crippen LogP contribution in [-0.4, -0.2) is 29.8 Å². The van der Waals surface area contributed by atoms with Gasteiger partial charge in [0, 0.05) is 24.4 Å². The van der Waals surface area contributed by atoms with Crippen molar-refractivity contribution >= 4 is 11.9 Å². The van der Waals surface area contributed by atoms with Crippen LogP contribution in [0.25, 0.3) is 6.08 Å². The minimum Gasteiger partial charge on any atom is -0.497 e. The molecule has 3 rings (SSSR count). The Morgan fingerprint density at radius 1 is 1.14 bits per heavy atom. The number of hydrogen-bond acceptors (Lipinski definition) is 4. The van der Waals surface area contributed by atoms with Crippen molar-refractivity contribution in [3.63, 3.8) is 0 Å². The van der Waals surface area contributed by atoms with Crippen LogP contribution in [0, 0.1) is 0 Å². The van der Waals surface area contributed by atoms with Crippen LogP contribution in [0.15, 0.2) is 30.0 Å². The number of methoxy groups -OCH3 is 2. The molecule has 1 aliphatic rings. The van der Waals surface area contributed by atoms with Gasteiger partial charge in [-0.1, -0.05) is 0 Å². The van der Waals surface area contributed by atoms with E-state index in [1.54, 1.807) is 25.1 Å². The molecule has 0 fully saturated rings. The second-order valence-electron chi connectivity index (χ2n) is 5.27. The number of benzene rings is 1. The predicted octanol–water partition coefficient (Wildman–Crippen LogP) is 2.65. The highest BCUT2D eigenvalue weighted by Crippen LogP contribution is 2.29. The number of aromatic nitrogens is 2. The summed E-state index contributed by atoms with van der Waals surface area (Å²) >= 11 is 0. The number of carbonyl (C=O) groups is 1. The summed E-state index contributed by atoms with van der Waals surface area (Å²) in [5.74, 6) is 1.46. The Labute approximate surface area is 129 Å². The number of allylic oxidation sites excluding steroid dienone is 1. The van der Waals surface area contributed by atoms with Crippen LogP contribution in [0.2, 0.25) is 0 Å². The maximum absolute atomic E-state index is 12.6. The molecular weight excluding hydrogens is 280 g/mol. The molecule has 0 amide bonds. The van der Waals surface area contributed by atoms with E-state index in [2.05, 4.69) is 5.10 Å². The van der Waals surface area contributed by atoms with Crippen molar-refractivity contribution in [1.82, 2.24) is 9.78 Å². The van der Waals surface area contributed by atoms with Crippen LogP contribution in [0.4, 0.5) is 0 Å². The Kier molecular flexibility index (Phi) is 3.71. The lowest BCUT2D eigenvalue weighted by Crippen LogP contribution is -2.14. The van der Waals surface area contributed by atoms with Gasteiger partial charge in [-0.3, -0.25) is 9.48 Å². The zero-order valence-corrected chi connectivity index (χ0v) is 12.9. The number of Topliss-reactive ketones (excluding diaryl/α,β-unsaturated/α-hetero) is 1. The number of hydrogen-bond donors (Lipinski definition) is 0. The molecule has 1 aromatic carbocycles. The first-order valence-electron chi connectivity index (χ1n) is 7.11. The van der Waals surface area contributed by atoms with Gasteiger partial charge >= 0.3 is 0 Å². The van der Waals surface area contributed by atoms with Gasteiger partial charge in [0.25, 0.3) is 0 Å². The molecule has 22 heavy (non-hydrogen) atoms. The molecule has 0 radical (unpaired) electrons. The largest absolute Gasteiger partial charge is 0.497 e. The lowest BCUT2D eigenvalue weighted by Gasteiger charge is -2.15. The summed E-state index contributed by atoms with van der Waals surface area (Å²) in [7, 11) is 5.09. The molecular formula is C17H18N2O3. The molecule has 5 nitrogen and oxygen atoms in total. The van der Waals surface area contributed by atoms with E-state index in [0.29, 0.717) is 23.5 Å². The second kappa shape index (κ2) is 5.67. The van der Waals surface area contributed by atoms with Crippen molar-refractivity contribution in [2.75, 3.05) is 14.2 Å². The van der Waals surface area contributed by atoms with Crippen LogP contribution in [0.5, 0.6) is 11.5 Å². The molecule has 0 spiro atoms. The van der Waals surface area contributed by atoms with Gasteiger partial charge in [-0.2, -0.15) is 5.10 Å². The van der Waals surface area contributed by atoms with E-state index in [1.165, 1.54) is 0 Å². The van der Waals surface area contributed by atoms with E-state index in [9.17, 15) is 4.79 Å². The number of aryl methyl sites for hydroxylation is 1. The molecule has 114 valence electrons. The number of carbonyl (C=O) groups excluding carboxylic acids is 1. The molecule has 0 saturated heterocycles. The van der Waals surface area contributed by atoms with Crippen LogP contribution in [-0.2, 0) is 13.5 Å². The van der Waals surface area contributed by atoms with Gasteiger partial charge in [0.05, 0.1) is 26.0 Å². The molecule has 2 aromatic rings. The molecule has 1 aliphatic carbocycles. The smallest absolute Gasteiger partial charge is 0.192 e. The molecule has 1 heterocycles. The van der Waals surface area contributed by atoms with Crippen molar-refractivity contribution in [3.8, 4) is 11.5 Å². The summed E-state index contributed by atoms with van der Waals surface area (Å²) < 4.78 is 12.3. The van der Waals surface area contributed by atoms with Crippen molar-refractivity contribution in [3.05, 3.63) is 46.8 Å². The zero-order valence-electron chi connectivity index (χ0n) is 12.9. The first kappa shape index (κ1) is 14.4. The van der Waals surface area contributed by atoms with E-state index in [1.807, 2.05) is 31.3 Å². The lowest BCUT2D eigenvalue weighted by molar-refractivity contribution is 0.102. The van der Waals surface area contributed by atoms with Crippen LogP contribution in [0.3, 0.4) is 0 Å². The highest BCUT2D eigenvalue weighted by atomic mass is 16.5. The van der Waals surface area contributed by atoms with Crippen LogP contribution >= 0.6 is 0 Å². The fourth-order valence-corrected chi connectivity index (χ4v) is 2.74. The van der Waals surface area contributed by atoms with Crippen molar-refractivity contribution in [2.24, 2.45) is 7.05 Å². The topological polar surface area (TPSA) is 53.4 Å². The quantitative estimate of drug-likeness (QED) is 0.817. The van der Waals surface area contributed by atoms with E-state index < -0.39 is 0 Å². The average Bonchev–Trinajstić information content (AvgIpc) is 2.91. The average molecular weight is 298 g/mol. The molecule has 0 bridgehead atoms. The fourth-order valence-electron chi connectivity index (χ4n) is 2.74. The van der Waals surface area contributed by atoms with E-state index >= 15 is 0 Å². The summed E-state index contributed by atoms with van der Waals surface area (Å²) in [6.07, 6.45) is 5.09. The van der Waals surface area contributed by atoms with Gasteiger partial charge < -0.3 is 9.47 Å². The predicted molar refractivity (Wildman–Crippen MR) is 83.4 cm³/mol. The Bertz CT molecular complexity index is 737. The Morgan fingerprint density at radius 3 is 2.45 bits per heavy atom. The number of rotatable bonds is 3. The summed E-state index contributed by atoms with van der Waals surface area (Å²) in [6.45, 7) is 0. The van der Waals surface area contributed by atoms with Gasteiger partial charge in [-0.05, 0) is 36.6 Å². The minimum absolute atomic E-state index is 0.0520. The van der Waals surface area contributed by atoms with Crippen molar-refractivity contribution in [2.45, 2.75) is 12.8 Å². The number of fused-ring (bicyclic) bond motifs is 1. The standard InChI is InChI=1S/C17H18N2O3/c1-19-16-5-4-12(17(20)15(16)10-18-19)6-11-7-13(21-2)9-14(8-11)22-3/h6-10H,4-5H2,1-3H3/b12-6+. The lowest BCUT2D eigenvalue weighted by atomic mass is 9.90. The summed E-state index contributed by atoms with van der Waals surface area (Å²) in [5.41, 5.74) is 3.39. The zero-order chi connectivity index (χ0) is 15.7. The number of nitrogens with zero attached hydrogens (tertiary/aromatic N) is 2. The van der Waals surface area contributed by atoms with Crippen molar-refractivity contribution in [1.29, 1.82) is 0 Å². The van der Waals surface area contributed by atoms with Gasteiger partial charge in [-0.15, -0.1) is 0 Å². The third-order valence-electron chi connectivity index (χ3n) is 3.94. The Balaban J connectivity index is 1.98. The molecule has 0 N–H and O–H groups in total. The number of ketones is 1. The van der Waals surface area contributed by atoms with Gasteiger partial charge in [0.1, 0.15) is 11.5 Å². The molecule has 5 heteroatoms. The minimum atomic E-state index is 0.0520. The Morgan fingerprint density at radius 2 is 1.82 bits per heavy atom. The van der Waals surface area contributed by atoms with Crippen LogP contribution in [0.1, 0.15) is 28.0 Å². The third-order valence-corrected chi connectivity index (χ3v) is 3.94. The van der Waals surface area contributed by atoms with Crippen LogP contribution < -0.4 is 9.47 Å². The SMILES string of the molecule is COc1cc(/C=C2\CCc3c(cnn3C)C2=O)cc(OC)c1. The van der Waals surface area contributed by atoms with Gasteiger partial charge in [0.2, 0.25) is 0 Å². The monoisotopic (exact) mass is 298 g/mol. The second-order valence-corrected chi connectivity index (χ2v) is 5.27.